The minimum atomic E-state index is -0.0875. The Hall–Kier alpha value is -1.34. The highest BCUT2D eigenvalue weighted by atomic mass is 79.9. The van der Waals surface area contributed by atoms with Gasteiger partial charge in [-0.3, -0.25) is 4.79 Å². The van der Waals surface area contributed by atoms with E-state index in [9.17, 15) is 4.79 Å². The van der Waals surface area contributed by atoms with E-state index in [-0.39, 0.29) is 5.91 Å². The Kier molecular flexibility index (Phi) is 4.32. The Bertz CT molecular complexity index is 381. The van der Waals surface area contributed by atoms with Crippen LogP contribution >= 0.6 is 15.9 Å². The number of carbonyl (C=O) groups is 1. The average Bonchev–Trinajstić information content (AvgIpc) is 2.26. The van der Waals surface area contributed by atoms with Crippen LogP contribution in [0.15, 0.2) is 22.9 Å². The van der Waals surface area contributed by atoms with Gasteiger partial charge in [0, 0.05) is 12.7 Å². The van der Waals surface area contributed by atoms with E-state index in [1.807, 2.05) is 6.92 Å². The summed E-state index contributed by atoms with van der Waals surface area (Å²) in [5.74, 6) is 2.37. The van der Waals surface area contributed by atoms with Gasteiger partial charge >= 0.3 is 0 Å². The summed E-state index contributed by atoms with van der Waals surface area (Å²) < 4.78 is 0.707. The molecule has 15 heavy (non-hydrogen) atoms. The maximum absolute atomic E-state index is 11.9. The minimum absolute atomic E-state index is 0.0875. The molecule has 0 saturated heterocycles. The van der Waals surface area contributed by atoms with Crippen LogP contribution in [0.5, 0.6) is 0 Å². The molecule has 0 fully saturated rings. The Labute approximate surface area is 97.6 Å². The third-order valence-corrected chi connectivity index (χ3v) is 2.39. The summed E-state index contributed by atoms with van der Waals surface area (Å²) in [7, 11) is 0. The van der Waals surface area contributed by atoms with Gasteiger partial charge in [-0.25, -0.2) is 4.98 Å². The number of nitrogens with zero attached hydrogens (tertiary/aromatic N) is 2. The van der Waals surface area contributed by atoms with Crippen molar-refractivity contribution in [1.82, 2.24) is 9.88 Å². The van der Waals surface area contributed by atoms with Crippen LogP contribution in [0, 0.1) is 12.3 Å². The zero-order valence-corrected chi connectivity index (χ0v) is 9.99. The van der Waals surface area contributed by atoms with Gasteiger partial charge in [0.2, 0.25) is 0 Å². The number of hydrogen-bond donors (Lipinski definition) is 0. The summed E-state index contributed by atoms with van der Waals surface area (Å²) >= 11 is 3.21. The number of pyridine rings is 1. The normalized spacial score (nSPS) is 9.40. The van der Waals surface area contributed by atoms with Crippen LogP contribution in [0.25, 0.3) is 0 Å². The maximum Gasteiger partial charge on any atom is 0.256 e. The van der Waals surface area contributed by atoms with Crippen molar-refractivity contribution in [3.63, 3.8) is 0 Å². The molecule has 4 heteroatoms. The predicted octanol–water partition coefficient (Wildman–Crippen LogP) is 1.94. The Balaban J connectivity index is 2.84. The molecule has 0 aliphatic carbocycles. The lowest BCUT2D eigenvalue weighted by Gasteiger charge is -2.17. The zero-order valence-electron chi connectivity index (χ0n) is 8.40. The molecule has 3 nitrogen and oxygen atoms in total. The Morgan fingerprint density at radius 3 is 2.87 bits per heavy atom. The Morgan fingerprint density at radius 2 is 2.40 bits per heavy atom. The predicted molar refractivity (Wildman–Crippen MR) is 62.3 cm³/mol. The van der Waals surface area contributed by atoms with Gasteiger partial charge < -0.3 is 4.90 Å². The quantitative estimate of drug-likeness (QED) is 0.619. The summed E-state index contributed by atoms with van der Waals surface area (Å²) in [6, 6.07) is 3.45. The molecule has 0 atom stereocenters. The number of amides is 1. The molecule has 0 N–H and O–H groups in total. The molecule has 1 heterocycles. The van der Waals surface area contributed by atoms with Crippen molar-refractivity contribution in [2.45, 2.75) is 6.92 Å². The third kappa shape index (κ3) is 3.07. The number of hydrogen-bond acceptors (Lipinski definition) is 2. The molecule has 0 spiro atoms. The van der Waals surface area contributed by atoms with Gasteiger partial charge in [0.15, 0.2) is 0 Å². The summed E-state index contributed by atoms with van der Waals surface area (Å²) in [6.07, 6.45) is 6.71. The SMILES string of the molecule is C#CCN(CC)C(=O)c1ccc(Br)nc1. The first-order valence-electron chi connectivity index (χ1n) is 4.53. The highest BCUT2D eigenvalue weighted by Gasteiger charge is 2.12. The van der Waals surface area contributed by atoms with Gasteiger partial charge in [-0.1, -0.05) is 5.92 Å². The molecule has 0 radical (unpaired) electrons. The van der Waals surface area contributed by atoms with Gasteiger partial charge in [0.25, 0.3) is 5.91 Å². The number of aromatic nitrogens is 1. The molecule has 1 amide bonds. The molecule has 0 saturated carbocycles. The molecular weight excluding hydrogens is 256 g/mol. The number of rotatable bonds is 3. The lowest BCUT2D eigenvalue weighted by Crippen LogP contribution is -2.31. The largest absolute Gasteiger partial charge is 0.328 e. The van der Waals surface area contributed by atoms with Crippen molar-refractivity contribution in [3.8, 4) is 12.3 Å². The second-order valence-electron chi connectivity index (χ2n) is 2.89. The summed E-state index contributed by atoms with van der Waals surface area (Å²) in [5, 5.41) is 0. The highest BCUT2D eigenvalue weighted by Crippen LogP contribution is 2.08. The second kappa shape index (κ2) is 5.52. The number of halogens is 1. The van der Waals surface area contributed by atoms with Gasteiger partial charge in [0.1, 0.15) is 4.60 Å². The fourth-order valence-electron chi connectivity index (χ4n) is 1.12. The van der Waals surface area contributed by atoms with Crippen LogP contribution in [0.2, 0.25) is 0 Å². The highest BCUT2D eigenvalue weighted by molar-refractivity contribution is 9.10. The fourth-order valence-corrected chi connectivity index (χ4v) is 1.36. The lowest BCUT2D eigenvalue weighted by molar-refractivity contribution is 0.0784. The van der Waals surface area contributed by atoms with E-state index in [1.165, 1.54) is 6.20 Å². The molecule has 1 aromatic heterocycles. The third-order valence-electron chi connectivity index (χ3n) is 1.93. The molecule has 1 rings (SSSR count). The first-order chi connectivity index (χ1) is 7.19. The first kappa shape index (κ1) is 11.7. The van der Waals surface area contributed by atoms with E-state index in [2.05, 4.69) is 26.8 Å². The topological polar surface area (TPSA) is 33.2 Å². The van der Waals surface area contributed by atoms with Crippen LogP contribution in [0.3, 0.4) is 0 Å². The summed E-state index contributed by atoms with van der Waals surface area (Å²) in [4.78, 5) is 17.4. The van der Waals surface area contributed by atoms with Crippen molar-refractivity contribution in [2.24, 2.45) is 0 Å². The van der Waals surface area contributed by atoms with Crippen LogP contribution in [0.4, 0.5) is 0 Å². The minimum Gasteiger partial charge on any atom is -0.328 e. The number of terminal acetylenes is 1. The fraction of sp³-hybridized carbons (Fsp3) is 0.273. The maximum atomic E-state index is 11.9. The van der Waals surface area contributed by atoms with Crippen LogP contribution < -0.4 is 0 Å². The van der Waals surface area contributed by atoms with Gasteiger partial charge in [0.05, 0.1) is 12.1 Å². The van der Waals surface area contributed by atoms with E-state index < -0.39 is 0 Å². The van der Waals surface area contributed by atoms with E-state index in [1.54, 1.807) is 17.0 Å². The molecule has 0 aliphatic heterocycles. The van der Waals surface area contributed by atoms with E-state index in [4.69, 9.17) is 6.42 Å². The van der Waals surface area contributed by atoms with E-state index >= 15 is 0 Å². The van der Waals surface area contributed by atoms with Crippen LogP contribution in [-0.2, 0) is 0 Å². The summed E-state index contributed by atoms with van der Waals surface area (Å²) in [6.45, 7) is 2.81. The van der Waals surface area contributed by atoms with Crippen molar-refractivity contribution in [1.29, 1.82) is 0 Å². The van der Waals surface area contributed by atoms with Gasteiger partial charge in [-0.15, -0.1) is 6.42 Å². The van der Waals surface area contributed by atoms with Gasteiger partial charge in [-0.2, -0.15) is 0 Å². The summed E-state index contributed by atoms with van der Waals surface area (Å²) in [5.41, 5.74) is 0.551. The molecule has 0 bridgehead atoms. The van der Waals surface area contributed by atoms with Crippen LogP contribution in [0.1, 0.15) is 17.3 Å². The van der Waals surface area contributed by atoms with Crippen molar-refractivity contribution in [2.75, 3.05) is 13.1 Å². The van der Waals surface area contributed by atoms with Crippen LogP contribution in [-0.4, -0.2) is 28.9 Å². The lowest BCUT2D eigenvalue weighted by atomic mass is 10.2. The second-order valence-corrected chi connectivity index (χ2v) is 3.71. The standard InChI is InChI=1S/C11H11BrN2O/c1-3-7-14(4-2)11(15)9-5-6-10(12)13-8-9/h1,5-6,8H,4,7H2,2H3. The molecular formula is C11H11BrN2O. The molecule has 0 aliphatic rings. The number of carbonyl (C=O) groups excluding carboxylic acids is 1. The average molecular weight is 267 g/mol. The van der Waals surface area contributed by atoms with E-state index in [0.29, 0.717) is 23.3 Å². The molecule has 78 valence electrons. The molecule has 1 aromatic rings. The molecule has 0 aromatic carbocycles. The smallest absolute Gasteiger partial charge is 0.256 e. The monoisotopic (exact) mass is 266 g/mol. The first-order valence-corrected chi connectivity index (χ1v) is 5.32. The van der Waals surface area contributed by atoms with Crippen molar-refractivity contribution in [3.05, 3.63) is 28.5 Å². The van der Waals surface area contributed by atoms with Crippen molar-refractivity contribution < 1.29 is 4.79 Å². The zero-order chi connectivity index (χ0) is 11.3. The van der Waals surface area contributed by atoms with E-state index in [0.717, 1.165) is 0 Å². The molecule has 0 unspecified atom stereocenters. The van der Waals surface area contributed by atoms with Gasteiger partial charge in [-0.05, 0) is 35.0 Å². The Morgan fingerprint density at radius 1 is 1.67 bits per heavy atom. The van der Waals surface area contributed by atoms with Crippen molar-refractivity contribution >= 4 is 21.8 Å².